The maximum absolute atomic E-state index is 2.33. The molecule has 0 saturated carbocycles. The summed E-state index contributed by atoms with van der Waals surface area (Å²) in [5.41, 5.74) is 6.06. The van der Waals surface area contributed by atoms with Crippen molar-refractivity contribution in [3.8, 4) is 0 Å². The summed E-state index contributed by atoms with van der Waals surface area (Å²) in [6.45, 7) is 17.9. The van der Waals surface area contributed by atoms with Crippen LogP contribution in [-0.2, 0) is 23.0 Å². The van der Waals surface area contributed by atoms with Crippen LogP contribution in [0.5, 0.6) is 0 Å². The summed E-state index contributed by atoms with van der Waals surface area (Å²) < 4.78 is 0. The Balaban J connectivity index is -0.000000283. The summed E-state index contributed by atoms with van der Waals surface area (Å²) >= 11 is 1.45. The zero-order valence-electron chi connectivity index (χ0n) is 16.4. The molecule has 0 radical (unpaired) electrons. The molecule has 0 unspecified atom stereocenters. The van der Waals surface area contributed by atoms with Gasteiger partial charge in [-0.2, -0.15) is 34.4 Å². The number of halogens is 2. The Morgan fingerprint density at radius 1 is 0.792 bits per heavy atom. The zero-order chi connectivity index (χ0) is 17.3. The van der Waals surface area contributed by atoms with Crippen LogP contribution in [0.15, 0.2) is 36.4 Å². The van der Waals surface area contributed by atoms with E-state index in [0.29, 0.717) is 11.8 Å². The van der Waals surface area contributed by atoms with Crippen LogP contribution < -0.4 is 24.8 Å². The fourth-order valence-corrected chi connectivity index (χ4v) is 2.34. The van der Waals surface area contributed by atoms with E-state index in [4.69, 9.17) is 0 Å². The fraction of sp³-hybridized carbons (Fsp3) is 0.500. The standard InChI is InChI=1S/2C9H13.C2H6Si.2ClH.Hf/c2*1-7(2)9-6-4-5-8(9)3;1-3-2;;;/h2*4-7H,1-3H3;1-2H3;2*1H;/q2*-1;;;;+2/p-2. The molecule has 2 rings (SSSR count). The molecule has 2 aromatic rings. The predicted octanol–water partition coefficient (Wildman–Crippen LogP) is 0.467. The van der Waals surface area contributed by atoms with E-state index >= 15 is 0 Å². The Morgan fingerprint density at radius 3 is 1.12 bits per heavy atom. The first-order chi connectivity index (χ1) is 10.2. The Bertz CT molecular complexity index is 505. The van der Waals surface area contributed by atoms with Crippen LogP contribution in [-0.4, -0.2) is 5.49 Å². The molecule has 0 heterocycles. The number of hydrogen-bond acceptors (Lipinski definition) is 0. The monoisotopic (exact) mass is 550 g/mol. The normalized spacial score (nSPS) is 9.17. The maximum atomic E-state index is 2.33. The predicted molar refractivity (Wildman–Crippen MR) is 99.2 cm³/mol. The summed E-state index contributed by atoms with van der Waals surface area (Å²) in [6.07, 6.45) is 0. The topological polar surface area (TPSA) is 0 Å². The van der Waals surface area contributed by atoms with E-state index in [-0.39, 0.29) is 30.3 Å². The van der Waals surface area contributed by atoms with Crippen molar-refractivity contribution < 1.29 is 47.8 Å². The van der Waals surface area contributed by atoms with Gasteiger partial charge in [0.1, 0.15) is 0 Å². The first-order valence-corrected chi connectivity index (χ1v) is 16.0. The molecular formula is C20H32Cl2HfSi-2. The molecule has 0 fully saturated rings. The van der Waals surface area contributed by atoms with Crippen molar-refractivity contribution in [2.45, 2.75) is 66.5 Å². The van der Waals surface area contributed by atoms with Crippen LogP contribution in [0.1, 0.15) is 61.8 Å². The molecule has 0 spiro atoms. The van der Waals surface area contributed by atoms with Crippen molar-refractivity contribution in [3.05, 3.63) is 58.7 Å². The van der Waals surface area contributed by atoms with Gasteiger partial charge in [0, 0.05) is 0 Å². The molecule has 0 atom stereocenters. The Labute approximate surface area is 177 Å². The van der Waals surface area contributed by atoms with E-state index in [9.17, 15) is 0 Å². The van der Waals surface area contributed by atoms with Gasteiger partial charge < -0.3 is 24.8 Å². The van der Waals surface area contributed by atoms with E-state index in [1.165, 1.54) is 45.3 Å². The molecule has 4 heteroatoms. The molecular weight excluding hydrogens is 518 g/mol. The maximum Gasteiger partial charge on any atom is -0.0632 e. The van der Waals surface area contributed by atoms with E-state index in [1.54, 1.807) is 0 Å². The second kappa shape index (κ2) is 15.6. The third-order valence-electron chi connectivity index (χ3n) is 3.40. The Kier molecular flexibility index (Phi) is 19.0. The molecule has 0 bridgehead atoms. The van der Waals surface area contributed by atoms with Crippen LogP contribution in [0.2, 0.25) is 13.1 Å². The summed E-state index contributed by atoms with van der Waals surface area (Å²) in [5, 5.41) is 0. The van der Waals surface area contributed by atoms with Crippen LogP contribution in [0, 0.1) is 13.8 Å². The van der Waals surface area contributed by atoms with Crippen LogP contribution in [0.3, 0.4) is 0 Å². The zero-order valence-corrected chi connectivity index (χ0v) is 22.5. The van der Waals surface area contributed by atoms with Crippen molar-refractivity contribution in [1.29, 1.82) is 0 Å². The largest absolute Gasteiger partial charge is 1.00 e. The van der Waals surface area contributed by atoms with E-state index < -0.39 is 0 Å². The minimum absolute atomic E-state index is 0. The van der Waals surface area contributed by atoms with Crippen molar-refractivity contribution >= 4 is 5.49 Å². The second-order valence-corrected chi connectivity index (χ2v) is 19.4. The van der Waals surface area contributed by atoms with E-state index in [2.05, 4.69) is 91.0 Å². The average Bonchev–Trinajstić information content (AvgIpc) is 2.97. The smallest absolute Gasteiger partial charge is 0.0632 e. The van der Waals surface area contributed by atoms with Crippen LogP contribution in [0.4, 0.5) is 0 Å². The summed E-state index contributed by atoms with van der Waals surface area (Å²) in [6, 6.07) is 12.9. The van der Waals surface area contributed by atoms with Gasteiger partial charge in [0.25, 0.3) is 0 Å². The molecule has 0 nitrogen and oxygen atoms in total. The molecule has 0 aromatic heterocycles. The average molecular weight is 550 g/mol. The number of rotatable bonds is 2. The third-order valence-corrected chi connectivity index (χ3v) is 3.40. The summed E-state index contributed by atoms with van der Waals surface area (Å²) in [4.78, 5) is 0. The number of aryl methyl sites for hydroxylation is 2. The molecule has 0 saturated heterocycles. The van der Waals surface area contributed by atoms with Gasteiger partial charge in [-0.1, -0.05) is 53.4 Å². The second-order valence-electron chi connectivity index (χ2n) is 6.64. The van der Waals surface area contributed by atoms with Crippen molar-refractivity contribution in [2.24, 2.45) is 0 Å². The minimum Gasteiger partial charge on any atom is -1.00 e. The molecule has 24 heavy (non-hydrogen) atoms. The van der Waals surface area contributed by atoms with Gasteiger partial charge in [-0.05, 0) is 0 Å². The third kappa shape index (κ3) is 12.7. The van der Waals surface area contributed by atoms with E-state index in [1.807, 2.05) is 0 Å². The first kappa shape index (κ1) is 29.1. The van der Waals surface area contributed by atoms with Crippen molar-refractivity contribution in [1.82, 2.24) is 0 Å². The van der Waals surface area contributed by atoms with Crippen molar-refractivity contribution in [2.75, 3.05) is 0 Å². The van der Waals surface area contributed by atoms with Gasteiger partial charge in [-0.15, -0.1) is 0 Å². The quantitative estimate of drug-likeness (QED) is 0.378. The van der Waals surface area contributed by atoms with Crippen LogP contribution >= 0.6 is 0 Å². The van der Waals surface area contributed by atoms with Crippen molar-refractivity contribution in [3.63, 3.8) is 0 Å². The van der Waals surface area contributed by atoms with E-state index in [0.717, 1.165) is 0 Å². The summed E-state index contributed by atoms with van der Waals surface area (Å²) in [7, 11) is 0. The summed E-state index contributed by atoms with van der Waals surface area (Å²) in [5.74, 6) is 1.36. The molecule has 0 aliphatic heterocycles. The van der Waals surface area contributed by atoms with Crippen LogP contribution in [0.25, 0.3) is 0 Å². The van der Waals surface area contributed by atoms with Gasteiger partial charge >= 0.3 is 41.6 Å². The minimum atomic E-state index is 0. The SMILES string of the molecule is C[Si](C)=[Hf+2].Cc1ccc[c-]1C(C)C.Cc1ccc[c-]1C(C)C.[Cl-].[Cl-]. The van der Waals surface area contributed by atoms with Gasteiger partial charge in [0.15, 0.2) is 0 Å². The molecule has 0 aliphatic carbocycles. The Hall–Kier alpha value is 0.367. The molecule has 0 amide bonds. The Morgan fingerprint density at radius 2 is 1.04 bits per heavy atom. The van der Waals surface area contributed by atoms with Gasteiger partial charge in [0.05, 0.1) is 0 Å². The molecule has 0 aliphatic rings. The number of hydrogen-bond donors (Lipinski definition) is 0. The van der Waals surface area contributed by atoms with Gasteiger partial charge in [0.2, 0.25) is 0 Å². The fourth-order valence-electron chi connectivity index (χ4n) is 2.34. The molecule has 2 aromatic carbocycles. The van der Waals surface area contributed by atoms with Gasteiger partial charge in [-0.3, -0.25) is 0 Å². The molecule has 0 N–H and O–H groups in total. The first-order valence-electron chi connectivity index (χ1n) is 8.12. The van der Waals surface area contributed by atoms with Gasteiger partial charge in [-0.25, -0.2) is 24.3 Å². The molecule has 136 valence electrons.